The standard InChI is InChI=1S/C34H41ClN4O4/c1-22(2)38(23(3)4)20-18-36-33(41)32-30-16-15-29(43-28-13-11-27(35)12-14-28)21-26(30)17-19-39(32)34(42)31(37-24(5)40)25-9-7-6-8-10-25/h6-16,21-23,31-32H,17-20H2,1-5H3,(H,36,41)(H,37,40)/t31-,32?/m1/s1. The quantitative estimate of drug-likeness (QED) is 0.294. The Morgan fingerprint density at radius 1 is 0.953 bits per heavy atom. The molecule has 0 saturated carbocycles. The molecule has 0 aromatic heterocycles. The Kier molecular flexibility index (Phi) is 10.8. The Morgan fingerprint density at radius 3 is 2.23 bits per heavy atom. The maximum Gasteiger partial charge on any atom is 0.250 e. The normalized spacial score (nSPS) is 15.3. The highest BCUT2D eigenvalue weighted by Gasteiger charge is 2.39. The van der Waals surface area contributed by atoms with Crippen LogP contribution in [-0.2, 0) is 20.8 Å². The summed E-state index contributed by atoms with van der Waals surface area (Å²) in [4.78, 5) is 44.1. The fourth-order valence-corrected chi connectivity index (χ4v) is 5.77. The van der Waals surface area contributed by atoms with E-state index < -0.39 is 12.1 Å². The summed E-state index contributed by atoms with van der Waals surface area (Å²) in [6, 6.07) is 20.7. The van der Waals surface area contributed by atoms with E-state index in [1.807, 2.05) is 36.4 Å². The van der Waals surface area contributed by atoms with E-state index in [0.29, 0.717) is 60.2 Å². The van der Waals surface area contributed by atoms with Crippen molar-refractivity contribution < 1.29 is 19.1 Å². The Bertz CT molecular complexity index is 1400. The van der Waals surface area contributed by atoms with Crippen molar-refractivity contribution in [3.05, 3.63) is 94.5 Å². The molecule has 4 rings (SSSR count). The van der Waals surface area contributed by atoms with Crippen molar-refractivity contribution >= 4 is 29.3 Å². The van der Waals surface area contributed by atoms with Gasteiger partial charge in [0.2, 0.25) is 11.8 Å². The average molecular weight is 605 g/mol. The minimum atomic E-state index is -0.916. The van der Waals surface area contributed by atoms with Crippen LogP contribution in [0.2, 0.25) is 5.02 Å². The molecule has 1 heterocycles. The molecule has 0 spiro atoms. The van der Waals surface area contributed by atoms with E-state index in [9.17, 15) is 14.4 Å². The van der Waals surface area contributed by atoms with E-state index in [4.69, 9.17) is 16.3 Å². The van der Waals surface area contributed by atoms with E-state index in [1.54, 1.807) is 41.3 Å². The fraction of sp³-hybridized carbons (Fsp3) is 0.382. The molecule has 0 radical (unpaired) electrons. The second-order valence-electron chi connectivity index (χ2n) is 11.4. The molecule has 3 aromatic carbocycles. The largest absolute Gasteiger partial charge is 0.457 e. The van der Waals surface area contributed by atoms with Crippen LogP contribution in [0, 0.1) is 0 Å². The minimum absolute atomic E-state index is 0.261. The number of halogens is 1. The number of hydrogen-bond acceptors (Lipinski definition) is 5. The maximum atomic E-state index is 14.1. The van der Waals surface area contributed by atoms with Gasteiger partial charge in [-0.2, -0.15) is 0 Å². The van der Waals surface area contributed by atoms with Gasteiger partial charge in [0.15, 0.2) is 0 Å². The van der Waals surface area contributed by atoms with Crippen LogP contribution in [0.5, 0.6) is 11.5 Å². The average Bonchev–Trinajstić information content (AvgIpc) is 2.98. The molecule has 0 saturated heterocycles. The first kappa shape index (κ1) is 32.0. The van der Waals surface area contributed by atoms with Crippen molar-refractivity contribution in [3.8, 4) is 11.5 Å². The molecule has 1 aliphatic rings. The highest BCUT2D eigenvalue weighted by atomic mass is 35.5. The van der Waals surface area contributed by atoms with E-state index in [1.165, 1.54) is 6.92 Å². The molecule has 1 aliphatic heterocycles. The second kappa shape index (κ2) is 14.5. The molecule has 1 unspecified atom stereocenters. The first-order valence-corrected chi connectivity index (χ1v) is 15.1. The molecule has 43 heavy (non-hydrogen) atoms. The van der Waals surface area contributed by atoms with Crippen molar-refractivity contribution in [2.45, 2.75) is 65.2 Å². The van der Waals surface area contributed by atoms with Gasteiger partial charge in [0.1, 0.15) is 23.6 Å². The van der Waals surface area contributed by atoms with E-state index >= 15 is 0 Å². The van der Waals surface area contributed by atoms with Gasteiger partial charge in [-0.1, -0.05) is 48.0 Å². The lowest BCUT2D eigenvalue weighted by atomic mass is 9.90. The zero-order chi connectivity index (χ0) is 31.1. The molecule has 9 heteroatoms. The third kappa shape index (κ3) is 8.15. The van der Waals surface area contributed by atoms with Crippen molar-refractivity contribution in [1.29, 1.82) is 0 Å². The number of hydrogen-bond donors (Lipinski definition) is 2. The summed E-state index contributed by atoms with van der Waals surface area (Å²) in [7, 11) is 0. The van der Waals surface area contributed by atoms with Crippen LogP contribution in [0.15, 0.2) is 72.8 Å². The van der Waals surface area contributed by atoms with Gasteiger partial charge in [-0.25, -0.2) is 0 Å². The SMILES string of the molecule is CC(=O)N[C@@H](C(=O)N1CCc2cc(Oc3ccc(Cl)cc3)ccc2C1C(=O)NCCN(C(C)C)C(C)C)c1ccccc1. The van der Waals surface area contributed by atoms with Crippen LogP contribution in [-0.4, -0.2) is 59.2 Å². The first-order chi connectivity index (χ1) is 20.5. The Morgan fingerprint density at radius 2 is 1.60 bits per heavy atom. The van der Waals surface area contributed by atoms with Crippen LogP contribution in [0.4, 0.5) is 0 Å². The van der Waals surface area contributed by atoms with Crippen LogP contribution >= 0.6 is 11.6 Å². The molecule has 228 valence electrons. The number of amides is 3. The monoisotopic (exact) mass is 604 g/mol. The maximum absolute atomic E-state index is 14.1. The van der Waals surface area contributed by atoms with Gasteiger partial charge in [0.05, 0.1) is 0 Å². The molecule has 0 fully saturated rings. The molecule has 0 bridgehead atoms. The molecule has 2 atom stereocenters. The van der Waals surface area contributed by atoms with Crippen molar-refractivity contribution in [1.82, 2.24) is 20.4 Å². The summed E-state index contributed by atoms with van der Waals surface area (Å²) < 4.78 is 6.05. The van der Waals surface area contributed by atoms with Gasteiger partial charge in [-0.3, -0.25) is 19.3 Å². The van der Waals surface area contributed by atoms with Crippen molar-refractivity contribution in [3.63, 3.8) is 0 Å². The Balaban J connectivity index is 1.64. The lowest BCUT2D eigenvalue weighted by molar-refractivity contribution is -0.144. The summed E-state index contributed by atoms with van der Waals surface area (Å²) in [5, 5.41) is 6.51. The molecule has 8 nitrogen and oxygen atoms in total. The number of carbonyl (C=O) groups is 3. The summed E-state index contributed by atoms with van der Waals surface area (Å²) in [6.07, 6.45) is 0.527. The van der Waals surface area contributed by atoms with Gasteiger partial charge in [-0.15, -0.1) is 0 Å². The third-order valence-corrected chi connectivity index (χ3v) is 7.90. The first-order valence-electron chi connectivity index (χ1n) is 14.8. The van der Waals surface area contributed by atoms with Gasteiger partial charge >= 0.3 is 0 Å². The lowest BCUT2D eigenvalue weighted by Gasteiger charge is -2.38. The number of benzene rings is 3. The third-order valence-electron chi connectivity index (χ3n) is 7.65. The van der Waals surface area contributed by atoms with Crippen LogP contribution in [0.3, 0.4) is 0 Å². The zero-order valence-electron chi connectivity index (χ0n) is 25.5. The topological polar surface area (TPSA) is 91.0 Å². The van der Waals surface area contributed by atoms with Gasteiger partial charge in [-0.05, 0) is 87.2 Å². The molecule has 2 N–H and O–H groups in total. The van der Waals surface area contributed by atoms with E-state index in [-0.39, 0.29) is 17.7 Å². The minimum Gasteiger partial charge on any atom is -0.457 e. The highest BCUT2D eigenvalue weighted by Crippen LogP contribution is 2.35. The molecule has 3 aromatic rings. The van der Waals surface area contributed by atoms with Gasteiger partial charge < -0.3 is 20.3 Å². The molecular weight excluding hydrogens is 564 g/mol. The second-order valence-corrected chi connectivity index (χ2v) is 11.8. The van der Waals surface area contributed by atoms with Gasteiger partial charge in [0.25, 0.3) is 5.91 Å². The highest BCUT2D eigenvalue weighted by molar-refractivity contribution is 6.30. The number of rotatable bonds is 11. The number of ether oxygens (including phenoxy) is 1. The number of nitrogens with one attached hydrogen (secondary N) is 2. The number of fused-ring (bicyclic) bond motifs is 1. The molecular formula is C34H41ClN4O4. The molecule has 3 amide bonds. The van der Waals surface area contributed by atoms with Crippen molar-refractivity contribution in [2.24, 2.45) is 0 Å². The summed E-state index contributed by atoms with van der Waals surface area (Å²) in [6.45, 7) is 11.3. The van der Waals surface area contributed by atoms with Crippen LogP contribution in [0.25, 0.3) is 0 Å². The van der Waals surface area contributed by atoms with Crippen LogP contribution < -0.4 is 15.4 Å². The van der Waals surface area contributed by atoms with E-state index in [0.717, 1.165) is 11.1 Å². The Hall–Kier alpha value is -3.88. The lowest BCUT2D eigenvalue weighted by Crippen LogP contribution is -2.52. The summed E-state index contributed by atoms with van der Waals surface area (Å²) in [5.74, 6) is 0.353. The number of carbonyl (C=O) groups excluding carboxylic acids is 3. The number of nitrogens with zero attached hydrogens (tertiary/aromatic N) is 2. The fourth-order valence-electron chi connectivity index (χ4n) is 5.65. The smallest absolute Gasteiger partial charge is 0.250 e. The van der Waals surface area contributed by atoms with Crippen molar-refractivity contribution in [2.75, 3.05) is 19.6 Å². The predicted molar refractivity (Wildman–Crippen MR) is 169 cm³/mol. The van der Waals surface area contributed by atoms with Gasteiger partial charge in [0, 0.05) is 43.7 Å². The Labute approximate surface area is 259 Å². The predicted octanol–water partition coefficient (Wildman–Crippen LogP) is 5.67. The van der Waals surface area contributed by atoms with Crippen LogP contribution in [0.1, 0.15) is 63.4 Å². The summed E-state index contributed by atoms with van der Waals surface area (Å²) in [5.41, 5.74) is 2.32. The summed E-state index contributed by atoms with van der Waals surface area (Å²) >= 11 is 6.02. The van der Waals surface area contributed by atoms with E-state index in [2.05, 4.69) is 43.2 Å². The molecule has 0 aliphatic carbocycles. The zero-order valence-corrected chi connectivity index (χ0v) is 26.2.